The SMILES string of the molecule is O=C(Nc1nc2cc(C(F)(F)F)ccc2n1Cc1ccco1)c1cnccn1. The summed E-state index contributed by atoms with van der Waals surface area (Å²) in [6.07, 6.45) is 1.03. The Morgan fingerprint density at radius 2 is 2.07 bits per heavy atom. The lowest BCUT2D eigenvalue weighted by Gasteiger charge is -2.09. The minimum Gasteiger partial charge on any atom is -0.467 e. The van der Waals surface area contributed by atoms with Crippen LogP contribution in [0.2, 0.25) is 0 Å². The van der Waals surface area contributed by atoms with E-state index >= 15 is 0 Å². The summed E-state index contributed by atoms with van der Waals surface area (Å²) in [5.41, 5.74) is -0.265. The number of alkyl halides is 3. The number of carbonyl (C=O) groups is 1. The number of rotatable bonds is 4. The van der Waals surface area contributed by atoms with E-state index in [-0.39, 0.29) is 23.7 Å². The molecule has 3 aromatic heterocycles. The highest BCUT2D eigenvalue weighted by molar-refractivity contribution is 6.02. The van der Waals surface area contributed by atoms with Crippen LogP contribution in [0.25, 0.3) is 11.0 Å². The molecule has 0 fully saturated rings. The number of nitrogens with one attached hydrogen (secondary N) is 1. The number of fused-ring (bicyclic) bond motifs is 1. The van der Waals surface area contributed by atoms with Crippen molar-refractivity contribution in [3.63, 3.8) is 0 Å². The summed E-state index contributed by atoms with van der Waals surface area (Å²) in [6, 6.07) is 6.62. The molecule has 0 radical (unpaired) electrons. The first-order valence-electron chi connectivity index (χ1n) is 8.09. The van der Waals surface area contributed by atoms with Crippen molar-refractivity contribution >= 4 is 22.9 Å². The van der Waals surface area contributed by atoms with E-state index in [2.05, 4.69) is 20.3 Å². The van der Waals surface area contributed by atoms with Crippen LogP contribution >= 0.6 is 0 Å². The molecule has 7 nitrogen and oxygen atoms in total. The van der Waals surface area contributed by atoms with Gasteiger partial charge in [0, 0.05) is 12.4 Å². The van der Waals surface area contributed by atoms with Crippen molar-refractivity contribution in [2.75, 3.05) is 5.32 Å². The zero-order chi connectivity index (χ0) is 19.7. The molecule has 1 amide bonds. The van der Waals surface area contributed by atoms with Crippen molar-refractivity contribution in [1.29, 1.82) is 0 Å². The van der Waals surface area contributed by atoms with E-state index in [1.165, 1.54) is 30.9 Å². The molecule has 4 aromatic rings. The van der Waals surface area contributed by atoms with Gasteiger partial charge in [-0.25, -0.2) is 9.97 Å². The first-order valence-corrected chi connectivity index (χ1v) is 8.09. The molecule has 0 unspecified atom stereocenters. The lowest BCUT2D eigenvalue weighted by molar-refractivity contribution is -0.137. The Labute approximate surface area is 155 Å². The van der Waals surface area contributed by atoms with E-state index in [0.29, 0.717) is 11.3 Å². The maximum Gasteiger partial charge on any atom is 0.416 e. The number of nitrogens with zero attached hydrogens (tertiary/aromatic N) is 4. The monoisotopic (exact) mass is 387 g/mol. The van der Waals surface area contributed by atoms with E-state index in [1.54, 1.807) is 16.7 Å². The number of anilines is 1. The largest absolute Gasteiger partial charge is 0.467 e. The van der Waals surface area contributed by atoms with Crippen LogP contribution in [0, 0.1) is 0 Å². The second kappa shape index (κ2) is 6.80. The van der Waals surface area contributed by atoms with Crippen molar-refractivity contribution < 1.29 is 22.4 Å². The van der Waals surface area contributed by atoms with Crippen molar-refractivity contribution in [2.45, 2.75) is 12.7 Å². The fourth-order valence-corrected chi connectivity index (χ4v) is 2.70. The van der Waals surface area contributed by atoms with Gasteiger partial charge in [0.25, 0.3) is 5.91 Å². The Balaban J connectivity index is 1.77. The summed E-state index contributed by atoms with van der Waals surface area (Å²) in [4.78, 5) is 24.3. The fourth-order valence-electron chi connectivity index (χ4n) is 2.70. The standard InChI is InChI=1S/C18H12F3N5O2/c19-18(20,21)11-3-4-15-13(8-11)24-17(26(15)10-12-2-1-7-28-12)25-16(27)14-9-22-5-6-23-14/h1-9H,10H2,(H,24,25,27). The average Bonchev–Trinajstić information content (AvgIpc) is 3.30. The van der Waals surface area contributed by atoms with Gasteiger partial charge in [-0.05, 0) is 30.3 Å². The number of aromatic nitrogens is 4. The van der Waals surface area contributed by atoms with Gasteiger partial charge in [-0.1, -0.05) is 0 Å². The molecule has 1 aromatic carbocycles. The lowest BCUT2D eigenvalue weighted by atomic mass is 10.2. The molecule has 0 saturated heterocycles. The van der Waals surface area contributed by atoms with Gasteiger partial charge in [0.15, 0.2) is 0 Å². The number of hydrogen-bond acceptors (Lipinski definition) is 5. The molecular weight excluding hydrogens is 375 g/mol. The molecule has 0 saturated carbocycles. The molecule has 0 aliphatic heterocycles. The van der Waals surface area contributed by atoms with E-state index < -0.39 is 17.6 Å². The number of imidazole rings is 1. The molecule has 0 bridgehead atoms. The molecule has 0 aliphatic carbocycles. The molecule has 10 heteroatoms. The van der Waals surface area contributed by atoms with Crippen molar-refractivity contribution in [3.05, 3.63) is 72.2 Å². The zero-order valence-corrected chi connectivity index (χ0v) is 14.1. The van der Waals surface area contributed by atoms with Crippen LogP contribution in [0.3, 0.4) is 0 Å². The van der Waals surface area contributed by atoms with Crippen LogP contribution in [0.1, 0.15) is 21.8 Å². The highest BCUT2D eigenvalue weighted by Crippen LogP contribution is 2.32. The molecule has 1 N–H and O–H groups in total. The molecule has 0 aliphatic rings. The van der Waals surface area contributed by atoms with Gasteiger partial charge in [-0.2, -0.15) is 13.2 Å². The summed E-state index contributed by atoms with van der Waals surface area (Å²) in [5, 5.41) is 2.57. The zero-order valence-electron chi connectivity index (χ0n) is 14.1. The normalized spacial score (nSPS) is 11.7. The Kier molecular flexibility index (Phi) is 4.30. The van der Waals surface area contributed by atoms with Gasteiger partial charge in [0.2, 0.25) is 5.95 Å². The highest BCUT2D eigenvalue weighted by Gasteiger charge is 2.31. The van der Waals surface area contributed by atoms with Crippen molar-refractivity contribution in [3.8, 4) is 0 Å². The maximum absolute atomic E-state index is 13.0. The van der Waals surface area contributed by atoms with Gasteiger partial charge >= 0.3 is 6.18 Å². The minimum atomic E-state index is -4.50. The predicted octanol–water partition coefficient (Wildman–Crippen LogP) is 3.74. The van der Waals surface area contributed by atoms with Gasteiger partial charge < -0.3 is 8.98 Å². The van der Waals surface area contributed by atoms with E-state index in [0.717, 1.165) is 12.1 Å². The smallest absolute Gasteiger partial charge is 0.416 e. The van der Waals surface area contributed by atoms with Gasteiger partial charge in [0.1, 0.15) is 11.5 Å². The topological polar surface area (TPSA) is 85.8 Å². The van der Waals surface area contributed by atoms with Crippen LogP contribution < -0.4 is 5.32 Å². The first-order chi connectivity index (χ1) is 13.4. The van der Waals surface area contributed by atoms with Crippen molar-refractivity contribution in [1.82, 2.24) is 19.5 Å². The summed E-state index contributed by atoms with van der Waals surface area (Å²) >= 11 is 0. The number of carbonyl (C=O) groups excluding carboxylic acids is 1. The lowest BCUT2D eigenvalue weighted by Crippen LogP contribution is -2.17. The Morgan fingerprint density at radius 3 is 2.75 bits per heavy atom. The average molecular weight is 387 g/mol. The quantitative estimate of drug-likeness (QED) is 0.577. The number of benzene rings is 1. The van der Waals surface area contributed by atoms with Crippen LogP contribution in [0.4, 0.5) is 19.1 Å². The Hall–Kier alpha value is -3.69. The second-order valence-electron chi connectivity index (χ2n) is 5.85. The van der Waals surface area contributed by atoms with Gasteiger partial charge in [-0.3, -0.25) is 15.1 Å². The fraction of sp³-hybridized carbons (Fsp3) is 0.111. The number of furan rings is 1. The summed E-state index contributed by atoms with van der Waals surface area (Å²) < 4.78 is 45.9. The Bertz CT molecular complexity index is 1120. The summed E-state index contributed by atoms with van der Waals surface area (Å²) in [5.74, 6) is 0.0377. The molecule has 142 valence electrons. The number of amides is 1. The maximum atomic E-state index is 13.0. The van der Waals surface area contributed by atoms with Crippen LogP contribution in [0.15, 0.2) is 59.6 Å². The van der Waals surface area contributed by atoms with Crippen LogP contribution in [-0.4, -0.2) is 25.4 Å². The van der Waals surface area contributed by atoms with Crippen LogP contribution in [-0.2, 0) is 12.7 Å². The third kappa shape index (κ3) is 3.43. The Morgan fingerprint density at radius 1 is 1.21 bits per heavy atom. The minimum absolute atomic E-state index is 0.0510. The molecule has 3 heterocycles. The number of halogens is 3. The summed E-state index contributed by atoms with van der Waals surface area (Å²) in [7, 11) is 0. The van der Waals surface area contributed by atoms with Gasteiger partial charge in [-0.15, -0.1) is 0 Å². The van der Waals surface area contributed by atoms with Crippen LogP contribution in [0.5, 0.6) is 0 Å². The third-order valence-electron chi connectivity index (χ3n) is 3.99. The molecule has 4 rings (SSSR count). The molecular formula is C18H12F3N5O2. The van der Waals surface area contributed by atoms with Gasteiger partial charge in [0.05, 0.1) is 35.6 Å². The van der Waals surface area contributed by atoms with E-state index in [1.807, 2.05) is 0 Å². The highest BCUT2D eigenvalue weighted by atomic mass is 19.4. The molecule has 0 atom stereocenters. The predicted molar refractivity (Wildman–Crippen MR) is 92.5 cm³/mol. The molecule has 28 heavy (non-hydrogen) atoms. The van der Waals surface area contributed by atoms with Crippen molar-refractivity contribution in [2.24, 2.45) is 0 Å². The van der Waals surface area contributed by atoms with E-state index in [9.17, 15) is 18.0 Å². The number of hydrogen-bond donors (Lipinski definition) is 1. The van der Waals surface area contributed by atoms with E-state index in [4.69, 9.17) is 4.42 Å². The third-order valence-corrected chi connectivity index (χ3v) is 3.99. The first kappa shape index (κ1) is 17.7. The summed E-state index contributed by atoms with van der Waals surface area (Å²) in [6.45, 7) is 0.172. The second-order valence-corrected chi connectivity index (χ2v) is 5.85. The molecule has 0 spiro atoms.